The SMILES string of the molecule is Cc1ccc(C)c(CN(C)CC(=O)N2CCSC2c2ccc(F)cc2)c1. The van der Waals surface area contributed by atoms with Crippen molar-refractivity contribution in [1.29, 1.82) is 0 Å². The number of amides is 1. The Hall–Kier alpha value is -1.85. The fourth-order valence-corrected chi connectivity index (χ4v) is 4.55. The summed E-state index contributed by atoms with van der Waals surface area (Å²) < 4.78 is 13.2. The zero-order chi connectivity index (χ0) is 18.7. The average Bonchev–Trinajstić information content (AvgIpc) is 3.08. The summed E-state index contributed by atoms with van der Waals surface area (Å²) in [6.07, 6.45) is 0. The van der Waals surface area contributed by atoms with Gasteiger partial charge >= 0.3 is 0 Å². The minimum Gasteiger partial charge on any atom is -0.325 e. The summed E-state index contributed by atoms with van der Waals surface area (Å²) >= 11 is 1.74. The van der Waals surface area contributed by atoms with Crippen LogP contribution in [0.1, 0.15) is 27.6 Å². The van der Waals surface area contributed by atoms with Crippen molar-refractivity contribution in [2.24, 2.45) is 0 Å². The number of thioether (sulfide) groups is 1. The molecule has 0 bridgehead atoms. The van der Waals surface area contributed by atoms with Crippen LogP contribution in [0, 0.1) is 19.7 Å². The molecule has 3 rings (SSSR count). The van der Waals surface area contributed by atoms with Crippen LogP contribution in [-0.4, -0.2) is 41.6 Å². The van der Waals surface area contributed by atoms with Crippen LogP contribution in [-0.2, 0) is 11.3 Å². The number of likely N-dealkylation sites (N-methyl/N-ethyl adjacent to an activating group) is 1. The second kappa shape index (κ2) is 8.23. The van der Waals surface area contributed by atoms with Gasteiger partial charge in [-0.2, -0.15) is 0 Å². The fraction of sp³-hybridized carbons (Fsp3) is 0.381. The number of nitrogens with zero attached hydrogens (tertiary/aromatic N) is 2. The number of rotatable bonds is 5. The monoisotopic (exact) mass is 372 g/mol. The standard InChI is InChI=1S/C21H25FN2OS/c1-15-4-5-16(2)18(12-15)13-23(3)14-20(25)24-10-11-26-21(24)17-6-8-19(22)9-7-17/h4-9,12,21H,10-11,13-14H2,1-3H3. The molecule has 3 nitrogen and oxygen atoms in total. The van der Waals surface area contributed by atoms with E-state index in [0.29, 0.717) is 6.54 Å². The third-order valence-electron chi connectivity index (χ3n) is 4.72. The number of aryl methyl sites for hydroxylation is 2. The van der Waals surface area contributed by atoms with Crippen LogP contribution >= 0.6 is 11.8 Å². The molecule has 0 spiro atoms. The summed E-state index contributed by atoms with van der Waals surface area (Å²) in [6, 6.07) is 12.9. The van der Waals surface area contributed by atoms with Crippen LogP contribution in [0.15, 0.2) is 42.5 Å². The number of benzene rings is 2. The molecular formula is C21H25FN2OS. The van der Waals surface area contributed by atoms with Gasteiger partial charge in [0.2, 0.25) is 5.91 Å². The largest absolute Gasteiger partial charge is 0.325 e. The molecule has 2 aromatic carbocycles. The van der Waals surface area contributed by atoms with E-state index in [4.69, 9.17) is 0 Å². The summed E-state index contributed by atoms with van der Waals surface area (Å²) in [4.78, 5) is 16.8. The Balaban J connectivity index is 1.64. The van der Waals surface area contributed by atoms with E-state index in [2.05, 4.69) is 36.9 Å². The molecule has 1 amide bonds. The summed E-state index contributed by atoms with van der Waals surface area (Å²) in [5.74, 6) is 0.786. The van der Waals surface area contributed by atoms with Gasteiger partial charge in [0.1, 0.15) is 11.2 Å². The van der Waals surface area contributed by atoms with Crippen molar-refractivity contribution in [3.05, 3.63) is 70.5 Å². The topological polar surface area (TPSA) is 23.6 Å². The van der Waals surface area contributed by atoms with Crippen LogP contribution < -0.4 is 0 Å². The molecule has 0 aromatic heterocycles. The first kappa shape index (κ1) is 18.9. The Bertz CT molecular complexity index is 778. The summed E-state index contributed by atoms with van der Waals surface area (Å²) in [5, 5.41) is -0.0165. The highest BCUT2D eigenvalue weighted by molar-refractivity contribution is 7.99. The molecule has 1 aliphatic heterocycles. The van der Waals surface area contributed by atoms with Gasteiger partial charge in [-0.3, -0.25) is 9.69 Å². The predicted molar refractivity (Wildman–Crippen MR) is 106 cm³/mol. The Morgan fingerprint density at radius 2 is 1.96 bits per heavy atom. The van der Waals surface area contributed by atoms with Crippen molar-refractivity contribution in [3.8, 4) is 0 Å². The number of carbonyl (C=O) groups is 1. The molecule has 1 unspecified atom stereocenters. The van der Waals surface area contributed by atoms with Gasteiger partial charge in [-0.25, -0.2) is 4.39 Å². The number of hydrogen-bond donors (Lipinski definition) is 0. The van der Waals surface area contributed by atoms with E-state index in [-0.39, 0.29) is 17.1 Å². The minimum absolute atomic E-state index is 0.0165. The molecule has 0 saturated carbocycles. The molecule has 1 fully saturated rings. The smallest absolute Gasteiger partial charge is 0.237 e. The van der Waals surface area contributed by atoms with Gasteiger partial charge in [0.15, 0.2) is 0 Å². The van der Waals surface area contributed by atoms with E-state index in [0.717, 1.165) is 24.4 Å². The first-order valence-corrected chi connectivity index (χ1v) is 9.90. The molecule has 5 heteroatoms. The van der Waals surface area contributed by atoms with Crippen LogP contribution in [0.3, 0.4) is 0 Å². The first-order chi connectivity index (χ1) is 12.4. The van der Waals surface area contributed by atoms with Gasteiger partial charge in [0.25, 0.3) is 0 Å². The van der Waals surface area contributed by atoms with Crippen LogP contribution in [0.5, 0.6) is 0 Å². The quantitative estimate of drug-likeness (QED) is 0.788. The lowest BCUT2D eigenvalue weighted by atomic mass is 10.1. The summed E-state index contributed by atoms with van der Waals surface area (Å²) in [6.45, 7) is 6.06. The first-order valence-electron chi connectivity index (χ1n) is 8.85. The van der Waals surface area contributed by atoms with E-state index < -0.39 is 0 Å². The van der Waals surface area contributed by atoms with Crippen molar-refractivity contribution in [1.82, 2.24) is 9.80 Å². The lowest BCUT2D eigenvalue weighted by Crippen LogP contribution is -2.38. The molecule has 2 aromatic rings. The Kier molecular flexibility index (Phi) is 5.99. The number of carbonyl (C=O) groups excluding carboxylic acids is 1. The van der Waals surface area contributed by atoms with E-state index >= 15 is 0 Å². The van der Waals surface area contributed by atoms with E-state index in [1.54, 1.807) is 23.9 Å². The van der Waals surface area contributed by atoms with Gasteiger partial charge in [0, 0.05) is 18.8 Å². The molecule has 0 radical (unpaired) electrons. The second-order valence-electron chi connectivity index (χ2n) is 6.96. The Morgan fingerprint density at radius 1 is 1.23 bits per heavy atom. The predicted octanol–water partition coefficient (Wildman–Crippen LogP) is 4.15. The third kappa shape index (κ3) is 4.46. The summed E-state index contributed by atoms with van der Waals surface area (Å²) in [5.41, 5.74) is 4.72. The van der Waals surface area contributed by atoms with Gasteiger partial charge in [-0.15, -0.1) is 11.8 Å². The Morgan fingerprint density at radius 3 is 2.69 bits per heavy atom. The molecule has 1 saturated heterocycles. The van der Waals surface area contributed by atoms with Crippen molar-refractivity contribution in [3.63, 3.8) is 0 Å². The van der Waals surface area contributed by atoms with E-state index in [9.17, 15) is 9.18 Å². The van der Waals surface area contributed by atoms with E-state index in [1.807, 2.05) is 11.9 Å². The maximum Gasteiger partial charge on any atom is 0.237 e. The molecule has 0 aliphatic carbocycles. The highest BCUT2D eigenvalue weighted by Crippen LogP contribution is 2.37. The van der Waals surface area contributed by atoms with Gasteiger partial charge in [-0.1, -0.05) is 35.9 Å². The molecule has 1 heterocycles. The van der Waals surface area contributed by atoms with Crippen molar-refractivity contribution in [2.75, 3.05) is 25.9 Å². The van der Waals surface area contributed by atoms with Crippen LogP contribution in [0.4, 0.5) is 4.39 Å². The van der Waals surface area contributed by atoms with Crippen molar-refractivity contribution < 1.29 is 9.18 Å². The van der Waals surface area contributed by atoms with Gasteiger partial charge in [-0.05, 0) is 49.7 Å². The highest BCUT2D eigenvalue weighted by Gasteiger charge is 2.30. The molecular weight excluding hydrogens is 347 g/mol. The number of halogens is 1. The molecule has 0 N–H and O–H groups in total. The maximum absolute atomic E-state index is 13.2. The van der Waals surface area contributed by atoms with Crippen LogP contribution in [0.2, 0.25) is 0 Å². The average molecular weight is 373 g/mol. The molecule has 138 valence electrons. The lowest BCUT2D eigenvalue weighted by Gasteiger charge is -2.27. The summed E-state index contributed by atoms with van der Waals surface area (Å²) in [7, 11) is 1.98. The maximum atomic E-state index is 13.2. The second-order valence-corrected chi connectivity index (χ2v) is 8.15. The molecule has 26 heavy (non-hydrogen) atoms. The molecule has 1 aliphatic rings. The van der Waals surface area contributed by atoms with Crippen molar-refractivity contribution in [2.45, 2.75) is 25.8 Å². The fourth-order valence-electron chi connectivity index (χ4n) is 3.27. The number of hydrogen-bond acceptors (Lipinski definition) is 3. The van der Waals surface area contributed by atoms with Crippen LogP contribution in [0.25, 0.3) is 0 Å². The van der Waals surface area contributed by atoms with Gasteiger partial charge in [0.05, 0.1) is 6.54 Å². The third-order valence-corrected chi connectivity index (χ3v) is 5.98. The lowest BCUT2D eigenvalue weighted by molar-refractivity contribution is -0.132. The van der Waals surface area contributed by atoms with Crippen molar-refractivity contribution >= 4 is 17.7 Å². The molecule has 1 atom stereocenters. The van der Waals surface area contributed by atoms with E-state index in [1.165, 1.54) is 28.8 Å². The zero-order valence-electron chi connectivity index (χ0n) is 15.5. The Labute approximate surface area is 159 Å². The van der Waals surface area contributed by atoms with Gasteiger partial charge < -0.3 is 4.90 Å². The minimum atomic E-state index is -0.247. The zero-order valence-corrected chi connectivity index (χ0v) is 16.4. The normalized spacial score (nSPS) is 17.1. The highest BCUT2D eigenvalue weighted by atomic mass is 32.2.